The molecule has 0 radical (unpaired) electrons. The molecule has 1 aliphatic rings. The molecule has 1 rings (SSSR count). The van der Waals surface area contributed by atoms with Crippen LogP contribution in [0, 0.1) is 23.7 Å². The Morgan fingerprint density at radius 2 is 1.92 bits per heavy atom. The number of hydrogen-bond acceptors (Lipinski definition) is 4. The molecule has 0 bridgehead atoms. The largest absolute Gasteiger partial charge is 0.469 e. The molecule has 0 amide bonds. The smallest absolute Gasteiger partial charge is 0.305 e. The van der Waals surface area contributed by atoms with E-state index in [1.165, 1.54) is 7.11 Å². The Bertz CT molecular complexity index is 423. The van der Waals surface area contributed by atoms with Gasteiger partial charge < -0.3 is 14.9 Å². The quantitative estimate of drug-likeness (QED) is 0.337. The van der Waals surface area contributed by atoms with E-state index in [1.54, 1.807) is 0 Å². The zero-order chi connectivity index (χ0) is 18.5. The molecule has 0 aliphatic heterocycles. The van der Waals surface area contributed by atoms with Crippen molar-refractivity contribution in [2.24, 2.45) is 11.8 Å². The first-order valence-electron chi connectivity index (χ1n) is 10.0. The van der Waals surface area contributed by atoms with Gasteiger partial charge in [0.25, 0.3) is 0 Å². The third-order valence-corrected chi connectivity index (χ3v) is 5.20. The summed E-state index contributed by atoms with van der Waals surface area (Å²) in [7, 11) is 1.42. The highest BCUT2D eigenvalue weighted by atomic mass is 16.5. The fraction of sp³-hybridized carbons (Fsp3) is 0.857. The normalized spacial score (nSPS) is 23.8. The van der Waals surface area contributed by atoms with E-state index < -0.39 is 6.10 Å². The first-order valence-corrected chi connectivity index (χ1v) is 10.0. The van der Waals surface area contributed by atoms with Crippen molar-refractivity contribution in [2.45, 2.75) is 96.2 Å². The molecule has 144 valence electrons. The Balaban J connectivity index is 2.28. The third-order valence-electron chi connectivity index (χ3n) is 5.20. The Kier molecular flexibility index (Phi) is 11.6. The number of esters is 1. The lowest BCUT2D eigenvalue weighted by atomic mass is 9.89. The van der Waals surface area contributed by atoms with E-state index in [9.17, 15) is 15.0 Å². The summed E-state index contributed by atoms with van der Waals surface area (Å²) in [5, 5.41) is 20.2. The summed E-state index contributed by atoms with van der Waals surface area (Å²) in [5.41, 5.74) is 0. The van der Waals surface area contributed by atoms with Crippen molar-refractivity contribution in [1.29, 1.82) is 0 Å². The molecule has 0 heterocycles. The van der Waals surface area contributed by atoms with Crippen LogP contribution in [0.3, 0.4) is 0 Å². The number of carbonyl (C=O) groups is 1. The van der Waals surface area contributed by atoms with Crippen molar-refractivity contribution in [1.82, 2.24) is 0 Å². The molecule has 1 fully saturated rings. The van der Waals surface area contributed by atoms with Gasteiger partial charge >= 0.3 is 5.97 Å². The maximum atomic E-state index is 11.1. The van der Waals surface area contributed by atoms with E-state index in [-0.39, 0.29) is 23.9 Å². The first kappa shape index (κ1) is 22.0. The van der Waals surface area contributed by atoms with Gasteiger partial charge in [0.2, 0.25) is 0 Å². The van der Waals surface area contributed by atoms with Gasteiger partial charge in [0.1, 0.15) is 6.10 Å². The number of hydrogen-bond donors (Lipinski definition) is 2. The van der Waals surface area contributed by atoms with Gasteiger partial charge in [-0.3, -0.25) is 4.79 Å². The van der Waals surface area contributed by atoms with Crippen LogP contribution in [0.2, 0.25) is 0 Å². The van der Waals surface area contributed by atoms with Crippen molar-refractivity contribution >= 4 is 5.97 Å². The van der Waals surface area contributed by atoms with Crippen LogP contribution in [0.4, 0.5) is 0 Å². The zero-order valence-corrected chi connectivity index (χ0v) is 16.0. The molecular formula is C21H36O4. The van der Waals surface area contributed by atoms with E-state index in [4.69, 9.17) is 0 Å². The zero-order valence-electron chi connectivity index (χ0n) is 16.0. The highest BCUT2D eigenvalue weighted by Gasteiger charge is 2.33. The highest BCUT2D eigenvalue weighted by Crippen LogP contribution is 2.35. The average molecular weight is 353 g/mol. The van der Waals surface area contributed by atoms with Crippen molar-refractivity contribution in [3.05, 3.63) is 0 Å². The average Bonchev–Trinajstić information content (AvgIpc) is 2.96. The van der Waals surface area contributed by atoms with Crippen LogP contribution in [-0.2, 0) is 9.53 Å². The van der Waals surface area contributed by atoms with Gasteiger partial charge in [0.15, 0.2) is 0 Å². The second kappa shape index (κ2) is 13.2. The van der Waals surface area contributed by atoms with E-state index in [0.717, 1.165) is 70.6 Å². The molecule has 1 saturated carbocycles. The number of carbonyl (C=O) groups excluding carboxylic acids is 1. The number of aliphatic hydroxyl groups is 2. The standard InChI is InChI=1S/C21H36O4/c1-3-4-7-10-18(22)15-13-17-14-16-20(23)19(17)11-8-5-6-9-12-21(24)25-2/h17-20,22-23H,3-12,14,16H2,1-2H3/t17-,18-,19+,20-/m0/s1. The Morgan fingerprint density at radius 3 is 2.64 bits per heavy atom. The minimum Gasteiger partial charge on any atom is -0.469 e. The molecule has 4 nitrogen and oxygen atoms in total. The van der Waals surface area contributed by atoms with E-state index in [0.29, 0.717) is 6.42 Å². The van der Waals surface area contributed by atoms with Crippen LogP contribution in [0.25, 0.3) is 0 Å². The van der Waals surface area contributed by atoms with Crippen LogP contribution < -0.4 is 0 Å². The Labute approximate surface area is 153 Å². The van der Waals surface area contributed by atoms with E-state index >= 15 is 0 Å². The monoisotopic (exact) mass is 352 g/mol. The van der Waals surface area contributed by atoms with Crippen molar-refractivity contribution in [3.63, 3.8) is 0 Å². The second-order valence-corrected chi connectivity index (χ2v) is 7.24. The molecule has 0 aromatic heterocycles. The summed E-state index contributed by atoms with van der Waals surface area (Å²) in [4.78, 5) is 11.1. The van der Waals surface area contributed by atoms with Crippen LogP contribution in [0.15, 0.2) is 0 Å². The summed E-state index contributed by atoms with van der Waals surface area (Å²) < 4.78 is 4.64. The predicted octanol–water partition coefficient (Wildman–Crippen LogP) is 3.83. The number of unbranched alkanes of at least 4 members (excludes halogenated alkanes) is 5. The molecule has 0 spiro atoms. The molecule has 4 atom stereocenters. The lowest BCUT2D eigenvalue weighted by Crippen LogP contribution is -2.18. The van der Waals surface area contributed by atoms with Crippen molar-refractivity contribution in [2.75, 3.05) is 7.11 Å². The maximum Gasteiger partial charge on any atom is 0.305 e. The van der Waals surface area contributed by atoms with Crippen LogP contribution in [-0.4, -0.2) is 35.5 Å². The fourth-order valence-electron chi connectivity index (χ4n) is 3.59. The van der Waals surface area contributed by atoms with Gasteiger partial charge in [0.05, 0.1) is 13.2 Å². The SMILES string of the molecule is CCCCC[C@H](O)C#C[C@H]1CC[C@H](O)[C@@H]1CCCCCCC(=O)OC. The summed E-state index contributed by atoms with van der Waals surface area (Å²) in [6.45, 7) is 2.15. The molecule has 1 aliphatic carbocycles. The molecule has 0 aromatic carbocycles. The maximum absolute atomic E-state index is 11.1. The Morgan fingerprint density at radius 1 is 1.16 bits per heavy atom. The minimum absolute atomic E-state index is 0.140. The van der Waals surface area contributed by atoms with E-state index in [1.807, 2.05) is 0 Å². The van der Waals surface area contributed by atoms with Crippen LogP contribution in [0.1, 0.15) is 84.0 Å². The lowest BCUT2D eigenvalue weighted by Gasteiger charge is -2.18. The summed E-state index contributed by atoms with van der Waals surface area (Å²) in [5.74, 6) is 6.56. The minimum atomic E-state index is -0.525. The summed E-state index contributed by atoms with van der Waals surface area (Å²) in [6, 6.07) is 0. The number of aliphatic hydroxyl groups excluding tert-OH is 2. The predicted molar refractivity (Wildman–Crippen MR) is 99.9 cm³/mol. The molecule has 0 unspecified atom stereocenters. The van der Waals surface area contributed by atoms with Gasteiger partial charge in [-0.25, -0.2) is 0 Å². The second-order valence-electron chi connectivity index (χ2n) is 7.24. The van der Waals surface area contributed by atoms with Gasteiger partial charge in [-0.05, 0) is 44.4 Å². The van der Waals surface area contributed by atoms with Crippen LogP contribution >= 0.6 is 0 Å². The first-order chi connectivity index (χ1) is 12.1. The summed E-state index contributed by atoms with van der Waals surface area (Å²) >= 11 is 0. The lowest BCUT2D eigenvalue weighted by molar-refractivity contribution is -0.140. The third kappa shape index (κ3) is 9.28. The number of rotatable bonds is 11. The number of ether oxygens (including phenoxy) is 1. The summed E-state index contributed by atoms with van der Waals surface area (Å²) in [6.07, 6.45) is 10.5. The Hall–Kier alpha value is -1.05. The topological polar surface area (TPSA) is 66.8 Å². The van der Waals surface area contributed by atoms with Gasteiger partial charge in [-0.2, -0.15) is 0 Å². The van der Waals surface area contributed by atoms with Crippen LogP contribution in [0.5, 0.6) is 0 Å². The highest BCUT2D eigenvalue weighted by molar-refractivity contribution is 5.68. The molecule has 0 saturated heterocycles. The van der Waals surface area contributed by atoms with Crippen molar-refractivity contribution < 1.29 is 19.7 Å². The molecule has 2 N–H and O–H groups in total. The van der Waals surface area contributed by atoms with Gasteiger partial charge in [-0.1, -0.05) is 50.9 Å². The molecule has 0 aromatic rings. The molecular weight excluding hydrogens is 316 g/mol. The van der Waals surface area contributed by atoms with Crippen molar-refractivity contribution in [3.8, 4) is 11.8 Å². The van der Waals surface area contributed by atoms with Gasteiger partial charge in [0, 0.05) is 12.3 Å². The van der Waals surface area contributed by atoms with Gasteiger partial charge in [-0.15, -0.1) is 0 Å². The van der Waals surface area contributed by atoms with E-state index in [2.05, 4.69) is 23.5 Å². The fourth-order valence-corrected chi connectivity index (χ4v) is 3.59. The molecule has 25 heavy (non-hydrogen) atoms. The molecule has 4 heteroatoms. The number of methoxy groups -OCH3 is 1.